The molecule has 1 aliphatic rings. The zero-order valence-corrected chi connectivity index (χ0v) is 16.9. The van der Waals surface area contributed by atoms with Crippen LogP contribution in [-0.2, 0) is 23.0 Å². The fourth-order valence-corrected chi connectivity index (χ4v) is 5.33. The third-order valence-corrected chi connectivity index (χ3v) is 7.07. The number of carbonyl (C=O) groups is 1. The van der Waals surface area contributed by atoms with E-state index in [4.69, 9.17) is 0 Å². The van der Waals surface area contributed by atoms with Crippen molar-refractivity contribution >= 4 is 32.4 Å². The van der Waals surface area contributed by atoms with E-state index in [0.717, 1.165) is 16.1 Å². The molecule has 0 bridgehead atoms. The highest BCUT2D eigenvalue weighted by molar-refractivity contribution is 7.93. The third-order valence-electron chi connectivity index (χ3n) is 4.59. The highest BCUT2D eigenvalue weighted by atomic mass is 32.2. The molecule has 1 amide bonds. The van der Waals surface area contributed by atoms with Gasteiger partial charge in [-0.05, 0) is 31.2 Å². The maximum absolute atomic E-state index is 12.7. The average molecular weight is 414 g/mol. The summed E-state index contributed by atoms with van der Waals surface area (Å²) in [6.07, 6.45) is 0.608. The molecule has 144 valence electrons. The first kappa shape index (κ1) is 18.6. The van der Waals surface area contributed by atoms with Crippen LogP contribution in [0.1, 0.15) is 26.5 Å². The molecule has 0 spiro atoms. The molecule has 2 aromatic carbocycles. The smallest absolute Gasteiger partial charge is 0.263 e. The van der Waals surface area contributed by atoms with Gasteiger partial charge in [0.2, 0.25) is 0 Å². The van der Waals surface area contributed by atoms with Gasteiger partial charge in [0.15, 0.2) is 5.13 Å². The lowest BCUT2D eigenvalue weighted by molar-refractivity contribution is 0.0736. The molecule has 0 unspecified atom stereocenters. The Morgan fingerprint density at radius 3 is 2.54 bits per heavy atom. The molecule has 0 saturated carbocycles. The van der Waals surface area contributed by atoms with Crippen LogP contribution in [0.3, 0.4) is 0 Å². The van der Waals surface area contributed by atoms with Gasteiger partial charge in [0.05, 0.1) is 17.1 Å². The van der Waals surface area contributed by atoms with E-state index in [2.05, 4.69) is 9.71 Å². The molecule has 4 rings (SSSR count). The second-order valence-electron chi connectivity index (χ2n) is 6.65. The number of nitrogens with zero attached hydrogens (tertiary/aromatic N) is 2. The first-order valence-corrected chi connectivity index (χ1v) is 11.1. The van der Waals surface area contributed by atoms with Crippen molar-refractivity contribution in [3.8, 4) is 0 Å². The van der Waals surface area contributed by atoms with E-state index in [1.165, 1.54) is 11.3 Å². The van der Waals surface area contributed by atoms with Gasteiger partial charge in [-0.3, -0.25) is 9.52 Å². The van der Waals surface area contributed by atoms with Crippen LogP contribution in [0, 0.1) is 6.92 Å². The van der Waals surface area contributed by atoms with Gasteiger partial charge >= 0.3 is 0 Å². The number of thiazole rings is 1. The Labute approximate surface area is 167 Å². The molecule has 8 heteroatoms. The highest BCUT2D eigenvalue weighted by Crippen LogP contribution is 2.30. The Morgan fingerprint density at radius 2 is 1.82 bits per heavy atom. The summed E-state index contributed by atoms with van der Waals surface area (Å²) in [6, 6.07) is 15.8. The second kappa shape index (κ2) is 7.37. The zero-order valence-electron chi connectivity index (χ0n) is 15.3. The molecule has 28 heavy (non-hydrogen) atoms. The van der Waals surface area contributed by atoms with Crippen molar-refractivity contribution in [2.45, 2.75) is 24.8 Å². The third kappa shape index (κ3) is 3.79. The fraction of sp³-hybridized carbons (Fsp3) is 0.200. The molecule has 2 heterocycles. The van der Waals surface area contributed by atoms with Gasteiger partial charge in [-0.15, -0.1) is 0 Å². The van der Waals surface area contributed by atoms with E-state index in [0.29, 0.717) is 30.2 Å². The molecule has 1 aromatic heterocycles. The van der Waals surface area contributed by atoms with E-state index in [1.54, 1.807) is 41.3 Å². The van der Waals surface area contributed by atoms with Crippen LogP contribution in [-0.4, -0.2) is 30.8 Å². The fourth-order valence-electron chi connectivity index (χ4n) is 3.07. The number of hydrogen-bond donors (Lipinski definition) is 1. The number of benzene rings is 2. The van der Waals surface area contributed by atoms with Crippen molar-refractivity contribution in [2.75, 3.05) is 11.3 Å². The first-order valence-electron chi connectivity index (χ1n) is 8.85. The van der Waals surface area contributed by atoms with E-state index < -0.39 is 10.0 Å². The molecule has 0 aliphatic carbocycles. The number of nitrogens with one attached hydrogen (secondary N) is 1. The molecule has 0 radical (unpaired) electrons. The van der Waals surface area contributed by atoms with Gasteiger partial charge in [-0.1, -0.05) is 47.2 Å². The normalized spacial score (nSPS) is 13.8. The van der Waals surface area contributed by atoms with Crippen molar-refractivity contribution in [1.29, 1.82) is 0 Å². The van der Waals surface area contributed by atoms with Gasteiger partial charge in [-0.2, -0.15) is 0 Å². The van der Waals surface area contributed by atoms with Crippen molar-refractivity contribution < 1.29 is 13.2 Å². The minimum Gasteiger partial charge on any atom is -0.333 e. The summed E-state index contributed by atoms with van der Waals surface area (Å²) in [6.45, 7) is 2.91. The van der Waals surface area contributed by atoms with Crippen LogP contribution < -0.4 is 4.72 Å². The lowest BCUT2D eigenvalue weighted by atomic mass is 10.1. The predicted molar refractivity (Wildman–Crippen MR) is 109 cm³/mol. The number of anilines is 1. The van der Waals surface area contributed by atoms with Crippen LogP contribution in [0.2, 0.25) is 0 Å². The summed E-state index contributed by atoms with van der Waals surface area (Å²) in [5, 5.41) is 0.333. The molecule has 3 aromatic rings. The van der Waals surface area contributed by atoms with E-state index in [1.807, 2.05) is 25.1 Å². The molecular weight excluding hydrogens is 394 g/mol. The van der Waals surface area contributed by atoms with Crippen LogP contribution >= 0.6 is 11.3 Å². The number of sulfonamides is 1. The maximum Gasteiger partial charge on any atom is 0.263 e. The largest absolute Gasteiger partial charge is 0.333 e. The lowest BCUT2D eigenvalue weighted by Crippen LogP contribution is -2.35. The van der Waals surface area contributed by atoms with Crippen molar-refractivity contribution in [2.24, 2.45) is 0 Å². The predicted octanol–water partition coefficient (Wildman–Crippen LogP) is 3.45. The topological polar surface area (TPSA) is 79.4 Å². The summed E-state index contributed by atoms with van der Waals surface area (Å²) < 4.78 is 27.7. The summed E-state index contributed by atoms with van der Waals surface area (Å²) >= 11 is 1.28. The summed E-state index contributed by atoms with van der Waals surface area (Å²) in [4.78, 5) is 20.0. The number of rotatable bonds is 4. The second-order valence-corrected chi connectivity index (χ2v) is 9.42. The van der Waals surface area contributed by atoms with Gasteiger partial charge < -0.3 is 4.90 Å². The van der Waals surface area contributed by atoms with Crippen LogP contribution in [0.25, 0.3) is 0 Å². The molecule has 1 N–H and O–H groups in total. The molecule has 1 aliphatic heterocycles. The van der Waals surface area contributed by atoms with E-state index >= 15 is 0 Å². The maximum atomic E-state index is 12.7. The average Bonchev–Trinajstić information content (AvgIpc) is 3.09. The molecular formula is C20H19N3O3S2. The summed E-state index contributed by atoms with van der Waals surface area (Å²) in [5.74, 6) is -0.0264. The summed E-state index contributed by atoms with van der Waals surface area (Å²) in [5.41, 5.74) is 2.49. The van der Waals surface area contributed by atoms with Crippen LogP contribution in [0.4, 0.5) is 5.13 Å². The number of carbonyl (C=O) groups excluding carboxylic acids is 1. The molecule has 6 nitrogen and oxygen atoms in total. The Kier molecular flexibility index (Phi) is 4.91. The Morgan fingerprint density at radius 1 is 1.11 bits per heavy atom. The minimum atomic E-state index is -3.69. The number of fused-ring (bicyclic) bond motifs is 1. The summed E-state index contributed by atoms with van der Waals surface area (Å²) in [7, 11) is -3.69. The Hall–Kier alpha value is -2.71. The van der Waals surface area contributed by atoms with Crippen LogP contribution in [0.15, 0.2) is 59.5 Å². The first-order chi connectivity index (χ1) is 13.4. The van der Waals surface area contributed by atoms with Crippen molar-refractivity contribution in [3.05, 3.63) is 76.3 Å². The number of hydrogen-bond acceptors (Lipinski definition) is 5. The van der Waals surface area contributed by atoms with Crippen LogP contribution in [0.5, 0.6) is 0 Å². The number of aromatic nitrogens is 1. The molecule has 0 saturated heterocycles. The van der Waals surface area contributed by atoms with E-state index in [-0.39, 0.29) is 10.8 Å². The minimum absolute atomic E-state index is 0.0264. The Bertz CT molecular complexity index is 1110. The van der Waals surface area contributed by atoms with E-state index in [9.17, 15) is 13.2 Å². The number of aryl methyl sites for hydroxylation is 1. The molecule has 0 atom stereocenters. The highest BCUT2D eigenvalue weighted by Gasteiger charge is 2.26. The quantitative estimate of drug-likeness (QED) is 0.710. The lowest BCUT2D eigenvalue weighted by Gasteiger charge is -2.26. The number of amides is 1. The van der Waals surface area contributed by atoms with Gasteiger partial charge in [0.25, 0.3) is 15.9 Å². The van der Waals surface area contributed by atoms with Crippen molar-refractivity contribution in [3.63, 3.8) is 0 Å². The standard InChI is InChI=1S/C20H19N3O3S2/c1-14-7-9-16(10-8-14)28(25,26)22-20-21-17-11-12-23(13-18(17)27-20)19(24)15-5-3-2-4-6-15/h2-10H,11-13H2,1H3,(H,21,22). The van der Waals surface area contributed by atoms with Gasteiger partial charge in [-0.25, -0.2) is 13.4 Å². The van der Waals surface area contributed by atoms with Gasteiger partial charge in [0, 0.05) is 23.4 Å². The SMILES string of the molecule is Cc1ccc(S(=O)(=O)Nc2nc3c(s2)CN(C(=O)c2ccccc2)CC3)cc1. The zero-order chi connectivity index (χ0) is 19.7. The van der Waals surface area contributed by atoms with Crippen molar-refractivity contribution in [1.82, 2.24) is 9.88 Å². The Balaban J connectivity index is 1.51. The molecule has 0 fully saturated rings. The van der Waals surface area contributed by atoms with Gasteiger partial charge in [0.1, 0.15) is 0 Å². The monoisotopic (exact) mass is 413 g/mol.